The Morgan fingerprint density at radius 3 is 2.58 bits per heavy atom. The van der Waals surface area contributed by atoms with Crippen LogP contribution in [0.1, 0.15) is 18.9 Å². The number of hydrogen-bond acceptors (Lipinski definition) is 7. The lowest BCUT2D eigenvalue weighted by Gasteiger charge is -2.02. The summed E-state index contributed by atoms with van der Waals surface area (Å²) in [5.74, 6) is 3.70. The molecule has 0 aliphatic heterocycles. The average molecular weight is 334 g/mol. The summed E-state index contributed by atoms with van der Waals surface area (Å²) in [6, 6.07) is 5.66. The van der Waals surface area contributed by atoms with Crippen LogP contribution in [0.3, 0.4) is 0 Å². The van der Waals surface area contributed by atoms with Crippen LogP contribution >= 0.6 is 0 Å². The van der Waals surface area contributed by atoms with Crippen molar-refractivity contribution >= 4 is 17.6 Å². The Bertz CT molecular complexity index is 630. The molecule has 0 aliphatic rings. The fourth-order valence-electron chi connectivity index (χ4n) is 1.51. The number of non-ortho nitro benzene ring substituents is 1. The smallest absolute Gasteiger partial charge is 0.384 e. The van der Waals surface area contributed by atoms with E-state index in [1.54, 1.807) is 0 Å². The molecule has 128 valence electrons. The highest BCUT2D eigenvalue weighted by Crippen LogP contribution is 2.12. The Hall–Kier alpha value is -2.92. The van der Waals surface area contributed by atoms with E-state index in [2.05, 4.69) is 17.2 Å². The molecule has 1 rings (SSSR count). The molecule has 8 nitrogen and oxygen atoms in total. The third kappa shape index (κ3) is 7.91. The molecule has 1 aromatic rings. The van der Waals surface area contributed by atoms with E-state index in [4.69, 9.17) is 9.47 Å². The molecule has 0 spiro atoms. The molecule has 24 heavy (non-hydrogen) atoms. The summed E-state index contributed by atoms with van der Waals surface area (Å²) in [4.78, 5) is 32.6. The molecule has 0 bridgehead atoms. The van der Waals surface area contributed by atoms with Gasteiger partial charge in [-0.2, -0.15) is 0 Å². The number of ether oxygens (including phenoxy) is 2. The first-order valence-electron chi connectivity index (χ1n) is 7.28. The van der Waals surface area contributed by atoms with Gasteiger partial charge in [-0.25, -0.2) is 4.79 Å². The highest BCUT2D eigenvalue weighted by molar-refractivity contribution is 5.88. The van der Waals surface area contributed by atoms with Gasteiger partial charge in [0.2, 0.25) is 0 Å². The van der Waals surface area contributed by atoms with Crippen LogP contribution in [0.4, 0.5) is 5.69 Å². The Kier molecular flexibility index (Phi) is 8.57. The number of nitrogens with zero attached hydrogens (tertiary/aromatic N) is 1. The van der Waals surface area contributed by atoms with Crippen LogP contribution in [0.2, 0.25) is 0 Å². The van der Waals surface area contributed by atoms with Gasteiger partial charge in [-0.05, 0) is 24.1 Å². The average Bonchev–Trinajstić information content (AvgIpc) is 2.58. The number of benzene rings is 1. The van der Waals surface area contributed by atoms with Crippen molar-refractivity contribution in [2.24, 2.45) is 0 Å². The minimum absolute atomic E-state index is 0.0204. The molecule has 0 aromatic heterocycles. The Morgan fingerprint density at radius 1 is 1.25 bits per heavy atom. The summed E-state index contributed by atoms with van der Waals surface area (Å²) >= 11 is 0. The largest absolute Gasteiger partial charge is 0.465 e. The minimum atomic E-state index is -0.719. The van der Waals surface area contributed by atoms with Gasteiger partial charge in [0.15, 0.2) is 0 Å². The third-order valence-corrected chi connectivity index (χ3v) is 2.66. The molecule has 0 aliphatic carbocycles. The Labute approximate surface area is 139 Å². The SMILES string of the molecule is CCCOC(=O)CNCC#CC(=O)OCc1ccc([N+](=O)[O-])cc1. The molecule has 8 heteroatoms. The van der Waals surface area contributed by atoms with Crippen molar-refractivity contribution in [2.75, 3.05) is 19.7 Å². The predicted octanol–water partition coefficient (Wildman–Crippen LogP) is 1.18. The number of esters is 2. The first-order chi connectivity index (χ1) is 11.5. The van der Waals surface area contributed by atoms with Gasteiger partial charge in [-0.15, -0.1) is 0 Å². The molecular formula is C16H18N2O6. The summed E-state index contributed by atoms with van der Waals surface area (Å²) in [5, 5.41) is 13.2. The normalized spacial score (nSPS) is 9.54. The lowest BCUT2D eigenvalue weighted by atomic mass is 10.2. The molecule has 0 saturated heterocycles. The second-order valence-electron chi connectivity index (χ2n) is 4.63. The van der Waals surface area contributed by atoms with E-state index in [0.717, 1.165) is 6.42 Å². The minimum Gasteiger partial charge on any atom is -0.465 e. The quantitative estimate of drug-likeness (QED) is 0.190. The number of carbonyl (C=O) groups excluding carboxylic acids is 2. The molecule has 0 atom stereocenters. The van der Waals surface area contributed by atoms with Crippen molar-refractivity contribution in [2.45, 2.75) is 20.0 Å². The monoisotopic (exact) mass is 334 g/mol. The molecule has 0 heterocycles. The van der Waals surface area contributed by atoms with Crippen molar-refractivity contribution in [1.82, 2.24) is 5.32 Å². The number of carbonyl (C=O) groups is 2. The van der Waals surface area contributed by atoms with Gasteiger partial charge in [0, 0.05) is 18.1 Å². The van der Waals surface area contributed by atoms with E-state index < -0.39 is 10.9 Å². The second-order valence-corrected chi connectivity index (χ2v) is 4.63. The fourth-order valence-corrected chi connectivity index (χ4v) is 1.51. The summed E-state index contributed by atoms with van der Waals surface area (Å²) in [7, 11) is 0. The lowest BCUT2D eigenvalue weighted by molar-refractivity contribution is -0.384. The molecule has 0 unspecified atom stereocenters. The van der Waals surface area contributed by atoms with Crippen LogP contribution in [0.15, 0.2) is 24.3 Å². The van der Waals surface area contributed by atoms with E-state index in [9.17, 15) is 19.7 Å². The van der Waals surface area contributed by atoms with Crippen LogP contribution in [-0.4, -0.2) is 36.6 Å². The number of nitrogens with one attached hydrogen (secondary N) is 1. The van der Waals surface area contributed by atoms with Crippen molar-refractivity contribution in [1.29, 1.82) is 0 Å². The maximum absolute atomic E-state index is 11.4. The van der Waals surface area contributed by atoms with Crippen LogP contribution in [0, 0.1) is 22.0 Å². The van der Waals surface area contributed by atoms with Gasteiger partial charge in [0.25, 0.3) is 5.69 Å². The molecule has 0 radical (unpaired) electrons. The zero-order chi connectivity index (χ0) is 17.8. The van der Waals surface area contributed by atoms with Gasteiger partial charge in [-0.3, -0.25) is 20.2 Å². The van der Waals surface area contributed by atoms with Crippen molar-refractivity contribution < 1.29 is 24.0 Å². The zero-order valence-corrected chi connectivity index (χ0v) is 13.2. The van der Waals surface area contributed by atoms with E-state index >= 15 is 0 Å². The highest BCUT2D eigenvalue weighted by atomic mass is 16.6. The number of nitro benzene ring substituents is 1. The number of hydrogen-bond donors (Lipinski definition) is 1. The summed E-state index contributed by atoms with van der Waals surface area (Å²) in [5.41, 5.74) is 0.584. The van der Waals surface area contributed by atoms with E-state index in [1.807, 2.05) is 6.92 Å². The topological polar surface area (TPSA) is 108 Å². The second kappa shape index (κ2) is 10.7. The first-order valence-corrected chi connectivity index (χ1v) is 7.28. The zero-order valence-electron chi connectivity index (χ0n) is 13.2. The highest BCUT2D eigenvalue weighted by Gasteiger charge is 2.05. The molecule has 1 aromatic carbocycles. The van der Waals surface area contributed by atoms with Crippen LogP contribution in [0.5, 0.6) is 0 Å². The molecule has 0 fully saturated rings. The van der Waals surface area contributed by atoms with E-state index in [1.165, 1.54) is 24.3 Å². The van der Waals surface area contributed by atoms with E-state index in [-0.39, 0.29) is 31.4 Å². The maximum atomic E-state index is 11.4. The van der Waals surface area contributed by atoms with Gasteiger partial charge < -0.3 is 9.47 Å². The maximum Gasteiger partial charge on any atom is 0.384 e. The fraction of sp³-hybridized carbons (Fsp3) is 0.375. The summed E-state index contributed by atoms with van der Waals surface area (Å²) in [6.07, 6.45) is 0.756. The van der Waals surface area contributed by atoms with Gasteiger partial charge >= 0.3 is 11.9 Å². The van der Waals surface area contributed by atoms with Crippen molar-refractivity contribution in [3.63, 3.8) is 0 Å². The molecule has 0 saturated carbocycles. The standard InChI is InChI=1S/C16H18N2O6/c1-2-10-23-16(20)11-17-9-3-4-15(19)24-12-13-5-7-14(8-6-13)18(21)22/h5-8,17H,2,9-12H2,1H3. The van der Waals surface area contributed by atoms with Gasteiger partial charge in [0.1, 0.15) is 6.61 Å². The molecular weight excluding hydrogens is 316 g/mol. The lowest BCUT2D eigenvalue weighted by Crippen LogP contribution is -2.25. The van der Waals surface area contributed by atoms with Crippen molar-refractivity contribution in [3.05, 3.63) is 39.9 Å². The van der Waals surface area contributed by atoms with E-state index in [0.29, 0.717) is 12.2 Å². The van der Waals surface area contributed by atoms with Gasteiger partial charge in [0.05, 0.1) is 24.6 Å². The van der Waals surface area contributed by atoms with Gasteiger partial charge in [-0.1, -0.05) is 12.8 Å². The number of nitro groups is 1. The predicted molar refractivity (Wildman–Crippen MR) is 84.8 cm³/mol. The van der Waals surface area contributed by atoms with Crippen LogP contribution in [0.25, 0.3) is 0 Å². The third-order valence-electron chi connectivity index (χ3n) is 2.66. The molecule has 1 N–H and O–H groups in total. The summed E-state index contributed by atoms with van der Waals surface area (Å²) in [6.45, 7) is 2.41. The van der Waals surface area contributed by atoms with Crippen LogP contribution < -0.4 is 5.32 Å². The van der Waals surface area contributed by atoms with Crippen molar-refractivity contribution in [3.8, 4) is 11.8 Å². The summed E-state index contributed by atoms with van der Waals surface area (Å²) < 4.78 is 9.75. The molecule has 0 amide bonds. The van der Waals surface area contributed by atoms with Crippen LogP contribution in [-0.2, 0) is 25.7 Å². The first kappa shape index (κ1) is 19.1. The Morgan fingerprint density at radius 2 is 1.96 bits per heavy atom. The Balaban J connectivity index is 2.24. The number of rotatable bonds is 8.